The number of fused-ring (bicyclic) bond motifs is 4. The number of hydrogen-bond acceptors (Lipinski definition) is 8. The number of rotatable bonds is 11. The smallest absolute Gasteiger partial charge is 0.243 e. The van der Waals surface area contributed by atoms with E-state index in [1.807, 2.05) is 57.2 Å². The number of nitrogens with one attached hydrogen (secondary N) is 4. The molecule has 2 amide bonds. The van der Waals surface area contributed by atoms with E-state index >= 15 is 0 Å². The quantitative estimate of drug-likeness (QED) is 0.170. The van der Waals surface area contributed by atoms with Gasteiger partial charge in [-0.15, -0.1) is 0 Å². The van der Waals surface area contributed by atoms with Crippen LogP contribution in [-0.4, -0.2) is 49.2 Å². The number of ether oxygens (including phenoxy) is 3. The first-order chi connectivity index (χ1) is 22.6. The highest BCUT2D eigenvalue weighted by Gasteiger charge is 2.31. The molecule has 4 atom stereocenters. The van der Waals surface area contributed by atoms with Crippen LogP contribution in [0.4, 0.5) is 5.69 Å². The van der Waals surface area contributed by atoms with Crippen LogP contribution >= 0.6 is 0 Å². The Kier molecular flexibility index (Phi) is 10.0. The number of imidazole rings is 1. The summed E-state index contributed by atoms with van der Waals surface area (Å²) in [5, 5.41) is 9.37. The number of hydrogen-bond donors (Lipinski definition) is 4. The Morgan fingerprint density at radius 1 is 1.02 bits per heavy atom. The van der Waals surface area contributed by atoms with E-state index in [1.54, 1.807) is 33.5 Å². The summed E-state index contributed by atoms with van der Waals surface area (Å²) in [6.45, 7) is 7.31. The molecule has 0 aliphatic heterocycles. The first-order valence-corrected chi connectivity index (χ1v) is 15.9. The van der Waals surface area contributed by atoms with Crippen molar-refractivity contribution in [1.29, 1.82) is 0 Å². The van der Waals surface area contributed by atoms with Gasteiger partial charge in [0.15, 0.2) is 11.5 Å². The van der Waals surface area contributed by atoms with E-state index in [1.165, 1.54) is 6.92 Å². The molecule has 5 rings (SSSR count). The van der Waals surface area contributed by atoms with Gasteiger partial charge in [0, 0.05) is 12.5 Å². The molecule has 0 unspecified atom stereocenters. The fourth-order valence-corrected chi connectivity index (χ4v) is 6.25. The van der Waals surface area contributed by atoms with Crippen molar-refractivity contribution >= 4 is 28.5 Å². The number of carbonyl (C=O) groups is 2. The van der Waals surface area contributed by atoms with E-state index in [4.69, 9.17) is 14.2 Å². The molecular weight excluding hydrogens is 598 g/mol. The number of anilines is 1. The molecule has 47 heavy (non-hydrogen) atoms. The van der Waals surface area contributed by atoms with Crippen LogP contribution in [0.15, 0.2) is 53.3 Å². The van der Waals surface area contributed by atoms with E-state index in [-0.39, 0.29) is 28.8 Å². The van der Waals surface area contributed by atoms with Gasteiger partial charge in [-0.3, -0.25) is 14.4 Å². The summed E-state index contributed by atoms with van der Waals surface area (Å²) >= 11 is 0. The van der Waals surface area contributed by atoms with Gasteiger partial charge in [0.1, 0.15) is 11.9 Å². The summed E-state index contributed by atoms with van der Waals surface area (Å²) in [5.74, 6) is 1.50. The second kappa shape index (κ2) is 14.1. The van der Waals surface area contributed by atoms with Crippen molar-refractivity contribution in [3.8, 4) is 28.4 Å². The monoisotopic (exact) mass is 641 g/mol. The van der Waals surface area contributed by atoms with E-state index in [0.29, 0.717) is 53.5 Å². The number of H-pyrrole nitrogens is 1. The van der Waals surface area contributed by atoms with Crippen molar-refractivity contribution in [2.45, 2.75) is 65.1 Å². The molecule has 1 aromatic heterocycles. The van der Waals surface area contributed by atoms with Crippen molar-refractivity contribution in [3.05, 3.63) is 75.7 Å². The van der Waals surface area contributed by atoms with Gasteiger partial charge < -0.3 is 35.1 Å². The Hall–Kier alpha value is -5.06. The van der Waals surface area contributed by atoms with Crippen molar-refractivity contribution in [1.82, 2.24) is 20.6 Å². The van der Waals surface area contributed by atoms with Crippen LogP contribution in [0.3, 0.4) is 0 Å². The maximum Gasteiger partial charge on any atom is 0.243 e. The molecule has 0 radical (unpaired) electrons. The minimum absolute atomic E-state index is 0.106. The molecule has 0 saturated heterocycles. The van der Waals surface area contributed by atoms with Crippen molar-refractivity contribution in [2.75, 3.05) is 26.6 Å². The van der Waals surface area contributed by atoms with E-state index in [0.717, 1.165) is 22.2 Å². The fraction of sp³-hybridized carbons (Fsp3) is 0.389. The number of nitrogens with zero attached hydrogens (tertiary/aromatic N) is 1. The van der Waals surface area contributed by atoms with Crippen molar-refractivity contribution in [2.24, 2.45) is 5.92 Å². The third kappa shape index (κ3) is 6.74. The average molecular weight is 642 g/mol. The largest absolute Gasteiger partial charge is 0.493 e. The maximum absolute atomic E-state index is 13.9. The lowest BCUT2D eigenvalue weighted by Gasteiger charge is -2.25. The zero-order valence-corrected chi connectivity index (χ0v) is 27.9. The number of carbonyl (C=O) groups excluding carboxylic acids is 2. The summed E-state index contributed by atoms with van der Waals surface area (Å²) in [6.07, 6.45) is 1.83. The summed E-state index contributed by atoms with van der Waals surface area (Å²) in [7, 11) is 4.67. The van der Waals surface area contributed by atoms with Crippen LogP contribution in [-0.2, 0) is 16.0 Å². The number of aromatic nitrogens is 2. The lowest BCUT2D eigenvalue weighted by molar-refractivity contribution is -0.123. The molecule has 1 aliphatic rings. The van der Waals surface area contributed by atoms with Gasteiger partial charge in [-0.1, -0.05) is 38.5 Å². The Balaban J connectivity index is 1.56. The van der Waals surface area contributed by atoms with Gasteiger partial charge in [0.25, 0.3) is 0 Å². The molecule has 0 fully saturated rings. The standard InChI is InChI=1S/C36H43N5O6/c1-8-19(2)32(36(44)37-20(3)35-40-26-11-9-10-12-27(26)41-35)39-28-16-14-23-24(18-29(28)43)25(38-21(4)42)15-13-22-17-30(45-5)33(46-6)34(47-7)31(22)23/h9-12,14,16-20,25,32H,8,13,15H2,1-7H3,(H,37,44)(H,38,42)(H,39,43)(H,40,41)/t19-,20+,25+,32+/m1/s1. The molecule has 4 N–H and O–H groups in total. The van der Waals surface area contributed by atoms with E-state index < -0.39 is 18.1 Å². The zero-order chi connectivity index (χ0) is 33.8. The molecule has 0 bridgehead atoms. The summed E-state index contributed by atoms with van der Waals surface area (Å²) in [5.41, 5.74) is 4.70. The van der Waals surface area contributed by atoms with Crippen molar-refractivity contribution < 1.29 is 23.8 Å². The number of para-hydroxylation sites is 2. The Morgan fingerprint density at radius 2 is 1.77 bits per heavy atom. The number of aromatic amines is 1. The number of methoxy groups -OCH3 is 3. The topological polar surface area (TPSA) is 144 Å². The molecular formula is C36H43N5O6. The van der Waals surface area contributed by atoms with Crippen LogP contribution in [0.2, 0.25) is 0 Å². The normalized spacial score (nSPS) is 15.7. The maximum atomic E-state index is 13.9. The van der Waals surface area contributed by atoms with Crippen LogP contribution in [0.25, 0.3) is 22.2 Å². The third-order valence-corrected chi connectivity index (χ3v) is 8.90. The number of benzene rings is 2. The first kappa shape index (κ1) is 33.3. The van der Waals surface area contributed by atoms with Gasteiger partial charge in [-0.05, 0) is 72.7 Å². The fourth-order valence-electron chi connectivity index (χ4n) is 6.25. The molecule has 1 heterocycles. The predicted octanol–water partition coefficient (Wildman–Crippen LogP) is 5.44. The molecule has 3 aromatic carbocycles. The number of aryl methyl sites for hydroxylation is 1. The van der Waals surface area contributed by atoms with E-state index in [2.05, 4.69) is 25.9 Å². The lowest BCUT2D eigenvalue weighted by Crippen LogP contribution is -2.45. The predicted molar refractivity (Wildman–Crippen MR) is 182 cm³/mol. The van der Waals surface area contributed by atoms with Crippen molar-refractivity contribution in [3.63, 3.8) is 0 Å². The van der Waals surface area contributed by atoms with Crippen LogP contribution in [0.1, 0.15) is 69.6 Å². The molecule has 11 heteroatoms. The average Bonchev–Trinajstić information content (AvgIpc) is 3.37. The summed E-state index contributed by atoms with van der Waals surface area (Å²) in [6, 6.07) is 13.1. The van der Waals surface area contributed by atoms with Gasteiger partial charge in [-0.25, -0.2) is 4.98 Å². The second-order valence-corrected chi connectivity index (χ2v) is 12.0. The highest BCUT2D eigenvalue weighted by atomic mass is 16.5. The van der Waals surface area contributed by atoms with Crippen LogP contribution < -0.4 is 35.6 Å². The molecule has 4 aromatic rings. The Labute approximate surface area is 274 Å². The molecule has 0 spiro atoms. The minimum Gasteiger partial charge on any atom is -0.493 e. The minimum atomic E-state index is -0.709. The van der Waals surface area contributed by atoms with Gasteiger partial charge in [0.2, 0.25) is 23.0 Å². The highest BCUT2D eigenvalue weighted by Crippen LogP contribution is 2.50. The zero-order valence-electron chi connectivity index (χ0n) is 27.9. The Morgan fingerprint density at radius 3 is 2.43 bits per heavy atom. The van der Waals surface area contributed by atoms with Crippen LogP contribution in [0.5, 0.6) is 17.2 Å². The SMILES string of the molecule is CC[C@@H](C)[C@H](Nc1ccc2c(cc1=O)[C@@H](NC(C)=O)CCc1cc(OC)c(OC)c(OC)c1-2)C(=O)N[C@@H](C)c1nc2ccccc2[nH]1. The lowest BCUT2D eigenvalue weighted by atomic mass is 9.95. The van der Waals surface area contributed by atoms with Gasteiger partial charge in [-0.2, -0.15) is 0 Å². The molecule has 11 nitrogen and oxygen atoms in total. The molecule has 1 aliphatic carbocycles. The second-order valence-electron chi connectivity index (χ2n) is 12.0. The molecule has 0 saturated carbocycles. The van der Waals surface area contributed by atoms with E-state index in [9.17, 15) is 14.4 Å². The highest BCUT2D eigenvalue weighted by molar-refractivity contribution is 5.86. The van der Waals surface area contributed by atoms with Gasteiger partial charge in [0.05, 0.1) is 50.1 Å². The summed E-state index contributed by atoms with van der Waals surface area (Å²) in [4.78, 5) is 47.9. The Bertz CT molecular complexity index is 1820. The molecule has 248 valence electrons. The van der Waals surface area contributed by atoms with Crippen LogP contribution in [0, 0.1) is 5.92 Å². The summed E-state index contributed by atoms with van der Waals surface area (Å²) < 4.78 is 17.2. The number of amides is 2. The van der Waals surface area contributed by atoms with Gasteiger partial charge >= 0.3 is 0 Å². The first-order valence-electron chi connectivity index (χ1n) is 15.9. The third-order valence-electron chi connectivity index (χ3n) is 8.90.